The Morgan fingerprint density at radius 1 is 0.717 bits per heavy atom. The third kappa shape index (κ3) is 4.08. The van der Waals surface area contributed by atoms with Crippen LogP contribution >= 0.6 is 11.8 Å². The lowest BCUT2D eigenvalue weighted by Gasteiger charge is -2.42. The molecule has 2 heterocycles. The van der Waals surface area contributed by atoms with Gasteiger partial charge in [-0.3, -0.25) is 5.32 Å². The molecule has 0 aromatic heterocycles. The summed E-state index contributed by atoms with van der Waals surface area (Å²) in [5, 5.41) is 17.5. The van der Waals surface area contributed by atoms with Gasteiger partial charge in [-0.25, -0.2) is 4.99 Å². The summed E-state index contributed by atoms with van der Waals surface area (Å²) < 4.78 is 0. The molecule has 5 aromatic carbocycles. The van der Waals surface area contributed by atoms with Crippen LogP contribution in [0.25, 0.3) is 11.1 Å². The zero-order valence-corrected chi connectivity index (χ0v) is 25.9. The van der Waals surface area contributed by atoms with Crippen molar-refractivity contribution in [2.75, 3.05) is 0 Å². The van der Waals surface area contributed by atoms with Crippen LogP contribution in [0.4, 0.5) is 0 Å². The monoisotopic (exact) mass is 610 g/mol. The maximum atomic E-state index is 10.0. The van der Waals surface area contributed by atoms with E-state index in [1.807, 2.05) is 30.0 Å². The molecule has 2 N–H and O–H groups in total. The predicted molar refractivity (Wildman–Crippen MR) is 185 cm³/mol. The Balaban J connectivity index is 1.25. The fourth-order valence-corrected chi connectivity index (χ4v) is 8.93. The summed E-state index contributed by atoms with van der Waals surface area (Å²) in [5.41, 5.74) is 11.0. The van der Waals surface area contributed by atoms with Crippen LogP contribution in [0.5, 0.6) is 0 Å². The van der Waals surface area contributed by atoms with Crippen LogP contribution in [0.1, 0.15) is 64.1 Å². The molecule has 46 heavy (non-hydrogen) atoms. The van der Waals surface area contributed by atoms with Gasteiger partial charge in [-0.05, 0) is 81.6 Å². The van der Waals surface area contributed by atoms with Crippen LogP contribution < -0.4 is 10.6 Å². The molecule has 9 rings (SSSR count). The quantitative estimate of drug-likeness (QED) is 0.214. The molecule has 0 amide bonds. The number of nitrogens with one attached hydrogen (secondary N) is 2. The summed E-state index contributed by atoms with van der Waals surface area (Å²) in [6, 6.07) is 45.3. The second kappa shape index (κ2) is 10.7. The third-order valence-corrected chi connectivity index (χ3v) is 10.9. The molecular formula is C41H30N4S. The van der Waals surface area contributed by atoms with Crippen molar-refractivity contribution in [3.8, 4) is 17.2 Å². The number of hydrogen-bond acceptors (Lipinski definition) is 5. The van der Waals surface area contributed by atoms with E-state index in [1.54, 1.807) is 0 Å². The highest BCUT2D eigenvalue weighted by Gasteiger charge is 2.52. The number of amidine groups is 1. The van der Waals surface area contributed by atoms with Gasteiger partial charge in [0.05, 0.1) is 17.0 Å². The fourth-order valence-electron chi connectivity index (χ4n) is 7.67. The van der Waals surface area contributed by atoms with Gasteiger partial charge in [-0.15, -0.1) is 0 Å². The minimum Gasteiger partial charge on any atom is -0.350 e. The molecule has 5 heteroatoms. The van der Waals surface area contributed by atoms with E-state index in [0.717, 1.165) is 35.4 Å². The molecular weight excluding hydrogens is 581 g/mol. The zero-order valence-electron chi connectivity index (χ0n) is 25.1. The molecule has 0 saturated heterocycles. The average Bonchev–Trinajstić information content (AvgIpc) is 3.41. The lowest BCUT2D eigenvalue weighted by molar-refractivity contribution is 0.409. The molecule has 1 spiro atoms. The molecule has 220 valence electrons. The maximum Gasteiger partial charge on any atom is 0.131 e. The van der Waals surface area contributed by atoms with Gasteiger partial charge in [-0.2, -0.15) is 5.26 Å². The third-order valence-electron chi connectivity index (χ3n) is 9.68. The maximum absolute atomic E-state index is 10.0. The van der Waals surface area contributed by atoms with E-state index in [2.05, 4.69) is 132 Å². The summed E-state index contributed by atoms with van der Waals surface area (Å²) >= 11 is 1.88. The SMILES string of the molecule is N#Cc1ccc2c(c1)C1(C3=CCCC=C3Sc3ccccc31)c1ccc(C3N=C(c4ccccc4)NC(c4ccccc4)N3)cc1-2. The number of hydrogen-bond donors (Lipinski definition) is 2. The van der Waals surface area contributed by atoms with Crippen LogP contribution in [0.2, 0.25) is 0 Å². The summed E-state index contributed by atoms with van der Waals surface area (Å²) in [6.07, 6.45) is 6.54. The van der Waals surface area contributed by atoms with Crippen molar-refractivity contribution in [3.63, 3.8) is 0 Å². The first-order chi connectivity index (χ1) is 22.7. The summed E-state index contributed by atoms with van der Waals surface area (Å²) in [5.74, 6) is 0.870. The Morgan fingerprint density at radius 2 is 1.50 bits per heavy atom. The van der Waals surface area contributed by atoms with Crippen LogP contribution in [0.3, 0.4) is 0 Å². The molecule has 2 aliphatic heterocycles. The van der Waals surface area contributed by atoms with Crippen molar-refractivity contribution >= 4 is 17.6 Å². The highest BCUT2D eigenvalue weighted by Crippen LogP contribution is 2.64. The lowest BCUT2D eigenvalue weighted by Crippen LogP contribution is -2.44. The summed E-state index contributed by atoms with van der Waals surface area (Å²) in [7, 11) is 0. The van der Waals surface area contributed by atoms with Gasteiger partial charge in [0, 0.05) is 15.4 Å². The molecule has 2 aliphatic carbocycles. The fraction of sp³-hybridized carbons (Fsp3) is 0.122. The lowest BCUT2D eigenvalue weighted by atomic mass is 9.65. The molecule has 0 bridgehead atoms. The second-order valence-electron chi connectivity index (χ2n) is 12.2. The number of aliphatic imine (C=N–C) groups is 1. The van der Waals surface area contributed by atoms with E-state index in [9.17, 15) is 5.26 Å². The first-order valence-electron chi connectivity index (χ1n) is 15.8. The Bertz CT molecular complexity index is 2160. The highest BCUT2D eigenvalue weighted by atomic mass is 32.2. The van der Waals surface area contributed by atoms with E-state index in [1.165, 1.54) is 43.2 Å². The molecule has 0 fully saturated rings. The average molecular weight is 611 g/mol. The van der Waals surface area contributed by atoms with Crippen molar-refractivity contribution in [1.82, 2.24) is 10.6 Å². The first kappa shape index (κ1) is 27.2. The topological polar surface area (TPSA) is 60.2 Å². The number of nitrogens with zero attached hydrogens (tertiary/aromatic N) is 2. The van der Waals surface area contributed by atoms with Crippen molar-refractivity contribution in [2.24, 2.45) is 4.99 Å². The van der Waals surface area contributed by atoms with E-state index in [0.29, 0.717) is 5.56 Å². The highest BCUT2D eigenvalue weighted by molar-refractivity contribution is 8.03. The van der Waals surface area contributed by atoms with Gasteiger partial charge in [0.1, 0.15) is 18.2 Å². The normalized spacial score (nSPS) is 22.2. The zero-order chi connectivity index (χ0) is 30.7. The van der Waals surface area contributed by atoms with Crippen molar-refractivity contribution in [3.05, 3.63) is 183 Å². The minimum atomic E-state index is -0.475. The standard InChI is InChI=1S/C41H30N4S/c42-25-26-19-21-30-31-24-29(40-44-38(27-11-3-1-4-12-27)43-39(45-40)28-13-5-2-6-14-28)20-22-32(31)41(35(30)23-26)33-15-7-9-17-36(33)46-37-18-10-8-16-34(37)41/h1-7,9,11-24,38,40,44H,8,10H2,(H,43,45). The second-order valence-corrected chi connectivity index (χ2v) is 13.3. The summed E-state index contributed by atoms with van der Waals surface area (Å²) in [6.45, 7) is 0. The molecule has 0 radical (unpaired) electrons. The van der Waals surface area contributed by atoms with Gasteiger partial charge in [-0.1, -0.05) is 121 Å². The number of fused-ring (bicyclic) bond motifs is 9. The molecule has 0 saturated carbocycles. The van der Waals surface area contributed by atoms with Crippen molar-refractivity contribution in [2.45, 2.75) is 35.5 Å². The molecule has 4 nitrogen and oxygen atoms in total. The summed E-state index contributed by atoms with van der Waals surface area (Å²) in [4.78, 5) is 7.85. The van der Waals surface area contributed by atoms with E-state index >= 15 is 0 Å². The van der Waals surface area contributed by atoms with Crippen LogP contribution in [-0.4, -0.2) is 5.84 Å². The number of allylic oxidation sites excluding steroid dienone is 3. The molecule has 4 aliphatic rings. The first-order valence-corrected chi connectivity index (χ1v) is 16.6. The molecule has 3 unspecified atom stereocenters. The van der Waals surface area contributed by atoms with E-state index in [4.69, 9.17) is 4.99 Å². The Kier molecular flexibility index (Phi) is 6.34. The Morgan fingerprint density at radius 3 is 2.35 bits per heavy atom. The molecule has 5 aromatic rings. The van der Waals surface area contributed by atoms with Crippen molar-refractivity contribution in [1.29, 1.82) is 5.26 Å². The largest absolute Gasteiger partial charge is 0.350 e. The number of benzene rings is 5. The van der Waals surface area contributed by atoms with Crippen LogP contribution in [0, 0.1) is 11.3 Å². The number of rotatable bonds is 3. The number of nitriles is 1. The van der Waals surface area contributed by atoms with E-state index in [-0.39, 0.29) is 12.3 Å². The van der Waals surface area contributed by atoms with Gasteiger partial charge in [0.15, 0.2) is 0 Å². The predicted octanol–water partition coefficient (Wildman–Crippen LogP) is 8.92. The van der Waals surface area contributed by atoms with Crippen LogP contribution in [-0.2, 0) is 5.41 Å². The van der Waals surface area contributed by atoms with Gasteiger partial charge in [0.25, 0.3) is 0 Å². The smallest absolute Gasteiger partial charge is 0.131 e. The van der Waals surface area contributed by atoms with Crippen LogP contribution in [0.15, 0.2) is 154 Å². The van der Waals surface area contributed by atoms with Gasteiger partial charge < -0.3 is 5.32 Å². The van der Waals surface area contributed by atoms with Gasteiger partial charge >= 0.3 is 0 Å². The van der Waals surface area contributed by atoms with E-state index < -0.39 is 5.41 Å². The Labute approximate surface area is 273 Å². The van der Waals surface area contributed by atoms with Crippen molar-refractivity contribution < 1.29 is 0 Å². The molecule has 3 atom stereocenters. The minimum absolute atomic E-state index is 0.105. The number of thioether (sulfide) groups is 1. The van der Waals surface area contributed by atoms with Gasteiger partial charge in [0.2, 0.25) is 0 Å². The Hall–Kier alpha value is -5.15.